The normalized spacial score (nSPS) is 11.2. The third-order valence-corrected chi connectivity index (χ3v) is 3.49. The fraction of sp³-hybridized carbons (Fsp3) is 0.375. The summed E-state index contributed by atoms with van der Waals surface area (Å²) in [5, 5.41) is 2.71. The third-order valence-electron chi connectivity index (χ3n) is 3.49. The molecule has 0 fully saturated rings. The lowest BCUT2D eigenvalue weighted by atomic mass is 9.93. The van der Waals surface area contributed by atoms with E-state index in [1.54, 1.807) is 0 Å². The van der Waals surface area contributed by atoms with Crippen LogP contribution in [0.5, 0.6) is 0 Å². The second kappa shape index (κ2) is 5.16. The number of benzene rings is 2. The molecular weight excluding hydrogens is 192 g/mol. The predicted molar refractivity (Wildman–Crippen MR) is 71.7 cm³/mol. The van der Waals surface area contributed by atoms with Gasteiger partial charge in [0.2, 0.25) is 0 Å². The maximum Gasteiger partial charge on any atom is -0.0181 e. The van der Waals surface area contributed by atoms with Crippen LogP contribution in [0.3, 0.4) is 0 Å². The fourth-order valence-corrected chi connectivity index (χ4v) is 2.28. The van der Waals surface area contributed by atoms with E-state index in [0.29, 0.717) is 0 Å². The van der Waals surface area contributed by atoms with E-state index < -0.39 is 0 Å². The second-order valence-corrected chi connectivity index (χ2v) is 4.57. The first-order chi connectivity index (χ1) is 7.83. The highest BCUT2D eigenvalue weighted by Crippen LogP contribution is 2.20. The summed E-state index contributed by atoms with van der Waals surface area (Å²) in [5.41, 5.74) is 1.48. The van der Waals surface area contributed by atoms with Crippen LogP contribution in [-0.4, -0.2) is 0 Å². The van der Waals surface area contributed by atoms with Crippen molar-refractivity contribution in [1.82, 2.24) is 0 Å². The summed E-state index contributed by atoms with van der Waals surface area (Å²) in [6.07, 6.45) is 3.78. The van der Waals surface area contributed by atoms with Gasteiger partial charge in [0.15, 0.2) is 0 Å². The molecule has 0 aliphatic heterocycles. The molecule has 0 radical (unpaired) electrons. The van der Waals surface area contributed by atoms with E-state index in [1.807, 2.05) is 0 Å². The Labute approximate surface area is 98.3 Å². The van der Waals surface area contributed by atoms with E-state index in [2.05, 4.69) is 56.3 Å². The summed E-state index contributed by atoms with van der Waals surface area (Å²) in [6.45, 7) is 4.57. The van der Waals surface area contributed by atoms with Gasteiger partial charge in [-0.2, -0.15) is 0 Å². The van der Waals surface area contributed by atoms with Crippen molar-refractivity contribution in [1.29, 1.82) is 0 Å². The van der Waals surface area contributed by atoms with Crippen LogP contribution >= 0.6 is 0 Å². The van der Waals surface area contributed by atoms with E-state index in [9.17, 15) is 0 Å². The molecule has 0 aliphatic carbocycles. The van der Waals surface area contributed by atoms with Crippen molar-refractivity contribution < 1.29 is 0 Å². The zero-order valence-corrected chi connectivity index (χ0v) is 10.2. The number of hydrogen-bond donors (Lipinski definition) is 0. The summed E-state index contributed by atoms with van der Waals surface area (Å²) in [5.74, 6) is 0.834. The van der Waals surface area contributed by atoms with E-state index in [4.69, 9.17) is 0 Å². The van der Waals surface area contributed by atoms with Gasteiger partial charge in [-0.25, -0.2) is 0 Å². The van der Waals surface area contributed by atoms with Crippen molar-refractivity contribution in [2.24, 2.45) is 5.92 Å². The summed E-state index contributed by atoms with van der Waals surface area (Å²) in [7, 11) is 0. The Morgan fingerprint density at radius 1 is 0.875 bits per heavy atom. The predicted octanol–water partition coefficient (Wildman–Crippen LogP) is 4.82. The second-order valence-electron chi connectivity index (χ2n) is 4.57. The standard InChI is InChI=1S/C16H20/c1-3-13(4-2)11-14-9-10-15-7-5-6-8-16(15)12-14/h5-10,12-13H,3-4,11H2,1-2H3. The molecule has 0 atom stereocenters. The first-order valence-electron chi connectivity index (χ1n) is 6.31. The Morgan fingerprint density at radius 2 is 1.56 bits per heavy atom. The smallest absolute Gasteiger partial charge is 0.0181 e. The molecule has 0 unspecified atom stereocenters. The minimum atomic E-state index is 0.834. The molecule has 0 spiro atoms. The number of fused-ring (bicyclic) bond motifs is 1. The van der Waals surface area contributed by atoms with Gasteiger partial charge in [0, 0.05) is 0 Å². The average Bonchev–Trinajstić information content (AvgIpc) is 2.35. The van der Waals surface area contributed by atoms with Crippen LogP contribution in [0.4, 0.5) is 0 Å². The molecule has 84 valence electrons. The highest BCUT2D eigenvalue weighted by Gasteiger charge is 2.05. The lowest BCUT2D eigenvalue weighted by Crippen LogP contribution is -2.01. The van der Waals surface area contributed by atoms with Gasteiger partial charge in [0.25, 0.3) is 0 Å². The maximum absolute atomic E-state index is 2.34. The Morgan fingerprint density at radius 3 is 2.25 bits per heavy atom. The quantitative estimate of drug-likeness (QED) is 0.681. The summed E-state index contributed by atoms with van der Waals surface area (Å²) in [6, 6.07) is 15.5. The fourth-order valence-electron chi connectivity index (χ4n) is 2.28. The topological polar surface area (TPSA) is 0 Å². The molecule has 2 rings (SSSR count). The lowest BCUT2D eigenvalue weighted by molar-refractivity contribution is 0.491. The van der Waals surface area contributed by atoms with Crippen molar-refractivity contribution in [2.45, 2.75) is 33.1 Å². The third kappa shape index (κ3) is 2.44. The summed E-state index contributed by atoms with van der Waals surface area (Å²) in [4.78, 5) is 0. The Bertz CT molecular complexity index is 452. The molecule has 0 aliphatic rings. The molecule has 16 heavy (non-hydrogen) atoms. The molecular formula is C16H20. The van der Waals surface area contributed by atoms with Crippen LogP contribution in [0.1, 0.15) is 32.3 Å². The minimum Gasteiger partial charge on any atom is -0.0651 e. The molecule has 0 heterocycles. The van der Waals surface area contributed by atoms with Crippen LogP contribution in [0.25, 0.3) is 10.8 Å². The summed E-state index contributed by atoms with van der Waals surface area (Å²) < 4.78 is 0. The van der Waals surface area contributed by atoms with Gasteiger partial charge in [0.1, 0.15) is 0 Å². The zero-order chi connectivity index (χ0) is 11.4. The highest BCUT2D eigenvalue weighted by molar-refractivity contribution is 5.82. The first kappa shape index (κ1) is 11.2. The van der Waals surface area contributed by atoms with Crippen LogP contribution in [0, 0.1) is 5.92 Å². The Kier molecular flexibility index (Phi) is 3.61. The van der Waals surface area contributed by atoms with Crippen molar-refractivity contribution >= 4 is 10.8 Å². The molecule has 0 amide bonds. The van der Waals surface area contributed by atoms with Crippen molar-refractivity contribution in [3.8, 4) is 0 Å². The molecule has 0 bridgehead atoms. The molecule has 0 aromatic heterocycles. The minimum absolute atomic E-state index is 0.834. The average molecular weight is 212 g/mol. The first-order valence-corrected chi connectivity index (χ1v) is 6.31. The number of hydrogen-bond acceptors (Lipinski definition) is 0. The van der Waals surface area contributed by atoms with Crippen LogP contribution in [0.2, 0.25) is 0 Å². The monoisotopic (exact) mass is 212 g/mol. The highest BCUT2D eigenvalue weighted by atomic mass is 14.1. The SMILES string of the molecule is CCC(CC)Cc1ccc2ccccc2c1. The van der Waals surface area contributed by atoms with Gasteiger partial charge >= 0.3 is 0 Å². The molecule has 0 heteroatoms. The van der Waals surface area contributed by atoms with E-state index in [0.717, 1.165) is 5.92 Å². The molecule has 2 aromatic carbocycles. The van der Waals surface area contributed by atoms with Gasteiger partial charge < -0.3 is 0 Å². The van der Waals surface area contributed by atoms with E-state index in [1.165, 1.54) is 35.6 Å². The van der Waals surface area contributed by atoms with Crippen LogP contribution in [0.15, 0.2) is 42.5 Å². The maximum atomic E-state index is 2.34. The lowest BCUT2D eigenvalue weighted by Gasteiger charge is -2.12. The van der Waals surface area contributed by atoms with Crippen LogP contribution in [-0.2, 0) is 6.42 Å². The largest absolute Gasteiger partial charge is 0.0651 e. The molecule has 0 N–H and O–H groups in total. The van der Waals surface area contributed by atoms with Crippen molar-refractivity contribution in [2.75, 3.05) is 0 Å². The van der Waals surface area contributed by atoms with Gasteiger partial charge in [-0.15, -0.1) is 0 Å². The molecule has 0 nitrogen and oxygen atoms in total. The molecule has 0 saturated carbocycles. The molecule has 0 saturated heterocycles. The summed E-state index contributed by atoms with van der Waals surface area (Å²) >= 11 is 0. The van der Waals surface area contributed by atoms with Gasteiger partial charge in [0.05, 0.1) is 0 Å². The Balaban J connectivity index is 2.25. The van der Waals surface area contributed by atoms with Gasteiger partial charge in [-0.1, -0.05) is 69.2 Å². The number of rotatable bonds is 4. The van der Waals surface area contributed by atoms with E-state index in [-0.39, 0.29) is 0 Å². The van der Waals surface area contributed by atoms with Crippen LogP contribution < -0.4 is 0 Å². The Hall–Kier alpha value is -1.30. The van der Waals surface area contributed by atoms with E-state index >= 15 is 0 Å². The van der Waals surface area contributed by atoms with Crippen molar-refractivity contribution in [3.63, 3.8) is 0 Å². The zero-order valence-electron chi connectivity index (χ0n) is 10.2. The molecule has 2 aromatic rings. The van der Waals surface area contributed by atoms with Gasteiger partial charge in [-0.05, 0) is 28.7 Å². The van der Waals surface area contributed by atoms with Crippen molar-refractivity contribution in [3.05, 3.63) is 48.0 Å². The van der Waals surface area contributed by atoms with Gasteiger partial charge in [-0.3, -0.25) is 0 Å².